The first-order chi connectivity index (χ1) is 11.5. The number of benzene rings is 1. The van der Waals surface area contributed by atoms with Crippen molar-refractivity contribution in [2.45, 2.75) is 50.9 Å². The van der Waals surface area contributed by atoms with Gasteiger partial charge in [0, 0.05) is 13.1 Å². The van der Waals surface area contributed by atoms with E-state index in [9.17, 15) is 4.79 Å². The van der Waals surface area contributed by atoms with Gasteiger partial charge in [-0.25, -0.2) is 0 Å². The summed E-state index contributed by atoms with van der Waals surface area (Å²) in [5, 5.41) is 0. The van der Waals surface area contributed by atoms with E-state index in [1.807, 2.05) is 12.1 Å². The summed E-state index contributed by atoms with van der Waals surface area (Å²) in [6.07, 6.45) is 6.39. The molecular weight excluding hydrogens is 336 g/mol. The van der Waals surface area contributed by atoms with Crippen LogP contribution in [0.2, 0.25) is 0 Å². The van der Waals surface area contributed by atoms with Crippen LogP contribution in [-0.4, -0.2) is 37.6 Å². The Balaban J connectivity index is 0.00000225. The number of rotatable bonds is 4. The second kappa shape index (κ2) is 7.96. The Kier molecular flexibility index (Phi) is 6.39. The smallest absolute Gasteiger partial charge is 0.233 e. The lowest BCUT2D eigenvalue weighted by atomic mass is 9.68. The van der Waals surface area contributed by atoms with E-state index in [1.165, 1.54) is 6.42 Å². The van der Waals surface area contributed by atoms with Crippen molar-refractivity contribution in [2.75, 3.05) is 26.7 Å². The molecule has 25 heavy (non-hydrogen) atoms. The van der Waals surface area contributed by atoms with Crippen LogP contribution in [0.3, 0.4) is 0 Å². The topological polar surface area (TPSA) is 55.6 Å². The molecule has 1 saturated heterocycles. The number of hydrogen-bond acceptors (Lipinski definition) is 3. The highest BCUT2D eigenvalue weighted by Gasteiger charge is 2.46. The molecule has 0 bridgehead atoms. The van der Waals surface area contributed by atoms with Crippen molar-refractivity contribution in [1.29, 1.82) is 0 Å². The summed E-state index contributed by atoms with van der Waals surface area (Å²) in [7, 11) is 1.68. The van der Waals surface area contributed by atoms with Gasteiger partial charge in [-0.05, 0) is 48.9 Å². The Morgan fingerprint density at radius 1 is 1.16 bits per heavy atom. The molecule has 3 rings (SSSR count). The molecule has 1 heterocycles. The van der Waals surface area contributed by atoms with Crippen molar-refractivity contribution in [3.8, 4) is 5.75 Å². The molecular formula is C20H31ClN2O2. The molecule has 1 saturated carbocycles. The van der Waals surface area contributed by atoms with E-state index < -0.39 is 0 Å². The summed E-state index contributed by atoms with van der Waals surface area (Å²) in [5.74, 6) is 1.15. The molecule has 1 amide bonds. The van der Waals surface area contributed by atoms with E-state index in [-0.39, 0.29) is 23.2 Å². The van der Waals surface area contributed by atoms with E-state index in [0.29, 0.717) is 12.5 Å². The number of nitrogens with zero attached hydrogens (tertiary/aromatic N) is 1. The SMILES string of the molecule is COc1ccc(C2(C(=O)N3CCC(C)(CN)C3)CCCCC2)cc1.Cl. The predicted octanol–water partition coefficient (Wildman–Crippen LogP) is 3.52. The van der Waals surface area contributed by atoms with Crippen molar-refractivity contribution >= 4 is 18.3 Å². The van der Waals surface area contributed by atoms with Gasteiger partial charge in [0.15, 0.2) is 0 Å². The van der Waals surface area contributed by atoms with Crippen LogP contribution < -0.4 is 10.5 Å². The number of likely N-dealkylation sites (tertiary alicyclic amines) is 1. The van der Waals surface area contributed by atoms with Crippen molar-refractivity contribution in [3.05, 3.63) is 29.8 Å². The van der Waals surface area contributed by atoms with Crippen LogP contribution in [-0.2, 0) is 10.2 Å². The molecule has 1 aromatic carbocycles. The first kappa shape index (κ1) is 20.1. The average molecular weight is 367 g/mol. The largest absolute Gasteiger partial charge is 0.497 e. The highest BCUT2D eigenvalue weighted by molar-refractivity contribution is 5.88. The zero-order valence-electron chi connectivity index (χ0n) is 15.4. The maximum absolute atomic E-state index is 13.5. The molecule has 0 radical (unpaired) electrons. The zero-order valence-corrected chi connectivity index (χ0v) is 16.2. The Labute approximate surface area is 157 Å². The minimum Gasteiger partial charge on any atom is -0.497 e. The molecule has 0 aromatic heterocycles. The molecule has 5 heteroatoms. The van der Waals surface area contributed by atoms with Gasteiger partial charge in [-0.2, -0.15) is 0 Å². The number of amides is 1. The fraction of sp³-hybridized carbons (Fsp3) is 0.650. The molecule has 1 aliphatic heterocycles. The first-order valence-electron chi connectivity index (χ1n) is 9.17. The fourth-order valence-corrected chi connectivity index (χ4v) is 4.36. The third kappa shape index (κ3) is 3.80. The third-order valence-corrected chi connectivity index (χ3v) is 6.10. The van der Waals surface area contributed by atoms with Crippen molar-refractivity contribution in [3.63, 3.8) is 0 Å². The summed E-state index contributed by atoms with van der Waals surface area (Å²) >= 11 is 0. The summed E-state index contributed by atoms with van der Waals surface area (Å²) in [4.78, 5) is 15.6. The second-order valence-electron chi connectivity index (χ2n) is 7.86. The Bertz CT molecular complexity index is 584. The molecule has 2 aliphatic rings. The van der Waals surface area contributed by atoms with Gasteiger partial charge >= 0.3 is 0 Å². The van der Waals surface area contributed by atoms with Crippen molar-refractivity contribution in [1.82, 2.24) is 4.90 Å². The maximum Gasteiger partial charge on any atom is 0.233 e. The van der Waals surface area contributed by atoms with Crippen LogP contribution in [0.25, 0.3) is 0 Å². The van der Waals surface area contributed by atoms with Gasteiger partial charge in [0.05, 0.1) is 12.5 Å². The number of methoxy groups -OCH3 is 1. The molecule has 1 aromatic rings. The maximum atomic E-state index is 13.5. The van der Waals surface area contributed by atoms with E-state index in [0.717, 1.165) is 56.5 Å². The second-order valence-corrected chi connectivity index (χ2v) is 7.86. The van der Waals surface area contributed by atoms with Gasteiger partial charge in [0.1, 0.15) is 5.75 Å². The predicted molar refractivity (Wildman–Crippen MR) is 103 cm³/mol. The van der Waals surface area contributed by atoms with Gasteiger partial charge in [-0.3, -0.25) is 4.79 Å². The van der Waals surface area contributed by atoms with Crippen molar-refractivity contribution in [2.24, 2.45) is 11.1 Å². The van der Waals surface area contributed by atoms with Crippen LogP contribution in [0.5, 0.6) is 5.75 Å². The number of ether oxygens (including phenoxy) is 1. The number of carbonyl (C=O) groups is 1. The number of hydrogen-bond donors (Lipinski definition) is 1. The van der Waals surface area contributed by atoms with E-state index in [2.05, 4.69) is 24.0 Å². The quantitative estimate of drug-likeness (QED) is 0.887. The van der Waals surface area contributed by atoms with E-state index in [4.69, 9.17) is 10.5 Å². The molecule has 1 atom stereocenters. The van der Waals surface area contributed by atoms with Gasteiger partial charge in [-0.1, -0.05) is 38.3 Å². The average Bonchev–Trinajstić information content (AvgIpc) is 3.04. The van der Waals surface area contributed by atoms with Crippen LogP contribution in [0.15, 0.2) is 24.3 Å². The van der Waals surface area contributed by atoms with E-state index >= 15 is 0 Å². The number of carbonyl (C=O) groups excluding carboxylic acids is 1. The summed E-state index contributed by atoms with van der Waals surface area (Å²) < 4.78 is 5.28. The lowest BCUT2D eigenvalue weighted by Crippen LogP contribution is -2.48. The highest BCUT2D eigenvalue weighted by atomic mass is 35.5. The van der Waals surface area contributed by atoms with Crippen molar-refractivity contribution < 1.29 is 9.53 Å². The van der Waals surface area contributed by atoms with Gasteiger partial charge in [0.2, 0.25) is 5.91 Å². The number of halogens is 1. The minimum absolute atomic E-state index is 0. The van der Waals surface area contributed by atoms with Crippen LogP contribution >= 0.6 is 12.4 Å². The monoisotopic (exact) mass is 366 g/mol. The molecule has 2 N–H and O–H groups in total. The summed E-state index contributed by atoms with van der Waals surface area (Å²) in [5.41, 5.74) is 6.80. The third-order valence-electron chi connectivity index (χ3n) is 6.10. The van der Waals surface area contributed by atoms with Gasteiger partial charge < -0.3 is 15.4 Å². The first-order valence-corrected chi connectivity index (χ1v) is 9.17. The lowest BCUT2D eigenvalue weighted by Gasteiger charge is -2.39. The molecule has 1 aliphatic carbocycles. The Morgan fingerprint density at radius 2 is 1.80 bits per heavy atom. The Morgan fingerprint density at radius 3 is 2.32 bits per heavy atom. The zero-order chi connectivity index (χ0) is 17.2. The fourth-order valence-electron chi connectivity index (χ4n) is 4.36. The molecule has 4 nitrogen and oxygen atoms in total. The standard InChI is InChI=1S/C20H30N2O2.ClH/c1-19(14-21)12-13-22(15-19)18(23)20(10-4-3-5-11-20)16-6-8-17(24-2)9-7-16;/h6-9H,3-5,10-15,21H2,1-2H3;1H. The van der Waals surface area contributed by atoms with Crippen LogP contribution in [0, 0.1) is 5.41 Å². The molecule has 1 unspecified atom stereocenters. The van der Waals surface area contributed by atoms with Crippen LogP contribution in [0.1, 0.15) is 51.0 Å². The van der Waals surface area contributed by atoms with Gasteiger partial charge in [-0.15, -0.1) is 12.4 Å². The minimum atomic E-state index is -0.357. The normalized spacial score (nSPS) is 25.3. The summed E-state index contributed by atoms with van der Waals surface area (Å²) in [6.45, 7) is 4.47. The molecule has 140 valence electrons. The lowest BCUT2D eigenvalue weighted by molar-refractivity contribution is -0.138. The van der Waals surface area contributed by atoms with Gasteiger partial charge in [0.25, 0.3) is 0 Å². The highest BCUT2D eigenvalue weighted by Crippen LogP contribution is 2.43. The van der Waals surface area contributed by atoms with E-state index in [1.54, 1.807) is 7.11 Å². The summed E-state index contributed by atoms with van der Waals surface area (Å²) in [6, 6.07) is 8.13. The van der Waals surface area contributed by atoms with Crippen LogP contribution in [0.4, 0.5) is 0 Å². The Hall–Kier alpha value is -1.26. The number of nitrogens with two attached hydrogens (primary N) is 1. The molecule has 2 fully saturated rings. The molecule has 0 spiro atoms.